The molecule has 4 heteroatoms. The predicted molar refractivity (Wildman–Crippen MR) is 79.1 cm³/mol. The largest absolute Gasteiger partial charge is 0.397 e. The molecule has 1 aromatic carbocycles. The molecule has 19 heavy (non-hydrogen) atoms. The van der Waals surface area contributed by atoms with E-state index in [1.165, 1.54) is 6.07 Å². The van der Waals surface area contributed by atoms with Crippen LogP contribution in [0.5, 0.6) is 0 Å². The Hall–Kier alpha value is -1.29. The first-order valence-electron chi connectivity index (χ1n) is 6.84. The van der Waals surface area contributed by atoms with Gasteiger partial charge in [0.15, 0.2) is 0 Å². The van der Waals surface area contributed by atoms with E-state index in [0.29, 0.717) is 11.3 Å². The molecule has 0 saturated carbocycles. The molecule has 3 nitrogen and oxygen atoms in total. The Kier molecular flexibility index (Phi) is 3.72. The molecular weight excluding hydrogens is 241 g/mol. The summed E-state index contributed by atoms with van der Waals surface area (Å²) in [5.74, 6) is -0.227. The summed E-state index contributed by atoms with van der Waals surface area (Å²) < 4.78 is 13.4. The quantitative estimate of drug-likeness (QED) is 0.792. The van der Waals surface area contributed by atoms with Crippen LogP contribution in [-0.2, 0) is 0 Å². The molecule has 0 aromatic heterocycles. The first-order valence-corrected chi connectivity index (χ1v) is 6.84. The van der Waals surface area contributed by atoms with E-state index in [4.69, 9.17) is 5.73 Å². The van der Waals surface area contributed by atoms with Crippen LogP contribution < -0.4 is 10.6 Å². The van der Waals surface area contributed by atoms with Gasteiger partial charge in [-0.15, -0.1) is 0 Å². The van der Waals surface area contributed by atoms with E-state index in [1.54, 1.807) is 6.92 Å². The van der Waals surface area contributed by atoms with E-state index in [-0.39, 0.29) is 11.4 Å². The summed E-state index contributed by atoms with van der Waals surface area (Å²) in [5, 5.41) is 0. The average molecular weight is 265 g/mol. The maximum Gasteiger partial charge on any atom is 0.128 e. The predicted octanol–water partition coefficient (Wildman–Crippen LogP) is 2.64. The number of rotatable bonds is 1. The van der Waals surface area contributed by atoms with Gasteiger partial charge in [0.25, 0.3) is 0 Å². The Bertz CT molecular complexity index is 457. The number of benzene rings is 1. The van der Waals surface area contributed by atoms with Crippen LogP contribution in [0.1, 0.15) is 26.3 Å². The lowest BCUT2D eigenvalue weighted by molar-refractivity contribution is 0.128. The minimum atomic E-state index is -0.227. The van der Waals surface area contributed by atoms with Gasteiger partial charge in [-0.3, -0.25) is 4.90 Å². The van der Waals surface area contributed by atoms with Crippen molar-refractivity contribution in [1.29, 1.82) is 0 Å². The van der Waals surface area contributed by atoms with Gasteiger partial charge in [0, 0.05) is 31.7 Å². The number of nitrogens with zero attached hydrogens (tertiary/aromatic N) is 2. The van der Waals surface area contributed by atoms with Crippen molar-refractivity contribution in [1.82, 2.24) is 4.90 Å². The topological polar surface area (TPSA) is 32.5 Å². The van der Waals surface area contributed by atoms with E-state index >= 15 is 0 Å². The van der Waals surface area contributed by atoms with Crippen LogP contribution in [0.3, 0.4) is 0 Å². The van der Waals surface area contributed by atoms with Crippen molar-refractivity contribution in [3.8, 4) is 0 Å². The summed E-state index contributed by atoms with van der Waals surface area (Å²) in [5.41, 5.74) is 8.31. The summed E-state index contributed by atoms with van der Waals surface area (Å²) in [6.07, 6.45) is 0. The smallest absolute Gasteiger partial charge is 0.128 e. The fourth-order valence-corrected chi connectivity index (χ4v) is 2.57. The highest BCUT2D eigenvalue weighted by Gasteiger charge is 2.26. The molecular formula is C15H24FN3. The molecule has 1 aliphatic rings. The monoisotopic (exact) mass is 265 g/mol. The van der Waals surface area contributed by atoms with Gasteiger partial charge in [-0.2, -0.15) is 0 Å². The Balaban J connectivity index is 2.12. The lowest BCUT2D eigenvalue weighted by Crippen LogP contribution is -2.53. The standard InChI is InChI=1S/C15H24FN3/c1-11-9-14(13(17)10-12(11)16)18-5-7-19(8-6-18)15(2,3)4/h9-10H,5-8,17H2,1-4H3. The van der Waals surface area contributed by atoms with Gasteiger partial charge < -0.3 is 10.6 Å². The third-order valence-corrected chi connectivity index (χ3v) is 3.88. The van der Waals surface area contributed by atoms with Crippen LogP contribution in [-0.4, -0.2) is 36.6 Å². The number of aryl methyl sites for hydroxylation is 1. The van der Waals surface area contributed by atoms with Gasteiger partial charge in [-0.25, -0.2) is 4.39 Å². The van der Waals surface area contributed by atoms with Gasteiger partial charge in [0.05, 0.1) is 11.4 Å². The number of anilines is 2. The second kappa shape index (κ2) is 5.00. The molecule has 106 valence electrons. The first kappa shape index (κ1) is 14.1. The molecule has 2 N–H and O–H groups in total. The molecule has 1 heterocycles. The highest BCUT2D eigenvalue weighted by molar-refractivity contribution is 5.69. The molecule has 0 amide bonds. The minimum Gasteiger partial charge on any atom is -0.397 e. The molecule has 1 aromatic rings. The molecule has 0 spiro atoms. The number of piperazine rings is 1. The van der Waals surface area contributed by atoms with E-state index < -0.39 is 0 Å². The van der Waals surface area contributed by atoms with Crippen molar-refractivity contribution >= 4 is 11.4 Å². The Labute approximate surface area is 115 Å². The molecule has 0 aliphatic carbocycles. The molecule has 1 fully saturated rings. The maximum atomic E-state index is 13.4. The number of hydrogen-bond acceptors (Lipinski definition) is 3. The zero-order chi connectivity index (χ0) is 14.2. The lowest BCUT2D eigenvalue weighted by atomic mass is 10.0. The van der Waals surface area contributed by atoms with Gasteiger partial charge in [-0.05, 0) is 45.4 Å². The summed E-state index contributed by atoms with van der Waals surface area (Å²) in [4.78, 5) is 4.72. The van der Waals surface area contributed by atoms with Crippen LogP contribution in [0.4, 0.5) is 15.8 Å². The summed E-state index contributed by atoms with van der Waals surface area (Å²) in [6.45, 7) is 12.4. The number of nitrogens with two attached hydrogens (primary N) is 1. The number of halogens is 1. The summed E-state index contributed by atoms with van der Waals surface area (Å²) in [7, 11) is 0. The molecule has 0 unspecified atom stereocenters. The van der Waals surface area contributed by atoms with Gasteiger partial charge in [0.2, 0.25) is 0 Å². The van der Waals surface area contributed by atoms with E-state index in [9.17, 15) is 4.39 Å². The molecule has 2 rings (SSSR count). The Morgan fingerprint density at radius 2 is 1.68 bits per heavy atom. The van der Waals surface area contributed by atoms with E-state index in [2.05, 4.69) is 30.6 Å². The summed E-state index contributed by atoms with van der Waals surface area (Å²) >= 11 is 0. The van der Waals surface area contributed by atoms with Crippen molar-refractivity contribution in [3.05, 3.63) is 23.5 Å². The molecule has 0 radical (unpaired) electrons. The highest BCUT2D eigenvalue weighted by Crippen LogP contribution is 2.28. The van der Waals surface area contributed by atoms with Gasteiger partial charge >= 0.3 is 0 Å². The zero-order valence-corrected chi connectivity index (χ0v) is 12.3. The van der Waals surface area contributed by atoms with Crippen molar-refractivity contribution in [2.45, 2.75) is 33.2 Å². The maximum absolute atomic E-state index is 13.4. The molecule has 0 bridgehead atoms. The van der Waals surface area contributed by atoms with Crippen molar-refractivity contribution in [2.75, 3.05) is 36.8 Å². The Morgan fingerprint density at radius 1 is 1.11 bits per heavy atom. The molecule has 0 atom stereocenters. The van der Waals surface area contributed by atoms with Crippen molar-refractivity contribution in [2.24, 2.45) is 0 Å². The lowest BCUT2D eigenvalue weighted by Gasteiger charge is -2.43. The van der Waals surface area contributed by atoms with Crippen LogP contribution >= 0.6 is 0 Å². The van der Waals surface area contributed by atoms with Gasteiger partial charge in [0.1, 0.15) is 5.82 Å². The van der Waals surface area contributed by atoms with Crippen LogP contribution in [0.2, 0.25) is 0 Å². The third-order valence-electron chi connectivity index (χ3n) is 3.88. The highest BCUT2D eigenvalue weighted by atomic mass is 19.1. The van der Waals surface area contributed by atoms with Crippen molar-refractivity contribution in [3.63, 3.8) is 0 Å². The number of hydrogen-bond donors (Lipinski definition) is 1. The molecule has 1 saturated heterocycles. The normalized spacial score (nSPS) is 17.8. The second-order valence-electron chi connectivity index (χ2n) is 6.31. The van der Waals surface area contributed by atoms with Crippen LogP contribution in [0.15, 0.2) is 12.1 Å². The third kappa shape index (κ3) is 3.00. The van der Waals surface area contributed by atoms with Crippen LogP contribution in [0, 0.1) is 12.7 Å². The second-order valence-corrected chi connectivity index (χ2v) is 6.31. The van der Waals surface area contributed by atoms with E-state index in [0.717, 1.165) is 31.9 Å². The summed E-state index contributed by atoms with van der Waals surface area (Å²) in [6, 6.07) is 3.29. The average Bonchev–Trinajstić information content (AvgIpc) is 2.33. The Morgan fingerprint density at radius 3 is 2.21 bits per heavy atom. The van der Waals surface area contributed by atoms with Gasteiger partial charge in [-0.1, -0.05) is 0 Å². The fraction of sp³-hybridized carbons (Fsp3) is 0.600. The zero-order valence-electron chi connectivity index (χ0n) is 12.3. The fourth-order valence-electron chi connectivity index (χ4n) is 2.57. The van der Waals surface area contributed by atoms with E-state index in [1.807, 2.05) is 6.07 Å². The van der Waals surface area contributed by atoms with Crippen molar-refractivity contribution < 1.29 is 4.39 Å². The SMILES string of the molecule is Cc1cc(N2CCN(C(C)(C)C)CC2)c(N)cc1F. The number of nitrogen functional groups attached to an aromatic ring is 1. The van der Waals surface area contributed by atoms with Crippen LogP contribution in [0.25, 0.3) is 0 Å². The first-order chi connectivity index (χ1) is 8.79. The minimum absolute atomic E-state index is 0.205. The molecule has 1 aliphatic heterocycles.